The van der Waals surface area contributed by atoms with E-state index in [9.17, 15) is 31.5 Å². The number of carbonyl (C=O) groups is 2. The summed E-state index contributed by atoms with van der Waals surface area (Å²) in [6.45, 7) is -0.143. The average Bonchev–Trinajstić information content (AvgIpc) is 2.76. The van der Waals surface area contributed by atoms with E-state index in [4.69, 9.17) is 16.7 Å². The molecule has 0 bridgehead atoms. The number of amides is 1. The van der Waals surface area contributed by atoms with E-state index in [2.05, 4.69) is 5.32 Å². The summed E-state index contributed by atoms with van der Waals surface area (Å²) in [6.07, 6.45) is -5.23. The second-order valence-corrected chi connectivity index (χ2v) is 8.13. The van der Waals surface area contributed by atoms with Gasteiger partial charge in [-0.1, -0.05) is 11.6 Å². The normalized spacial score (nSPS) is 24.0. The summed E-state index contributed by atoms with van der Waals surface area (Å²) in [4.78, 5) is 25.0. The molecule has 2 N–H and O–H groups in total. The largest absolute Gasteiger partial charge is 0.481 e. The van der Waals surface area contributed by atoms with Crippen molar-refractivity contribution in [2.75, 3.05) is 18.0 Å². The first kappa shape index (κ1) is 22.6. The molecule has 0 aromatic heterocycles. The van der Waals surface area contributed by atoms with Gasteiger partial charge in [0, 0.05) is 32.0 Å². The van der Waals surface area contributed by atoms with Gasteiger partial charge in [-0.15, -0.1) is 0 Å². The Hall–Kier alpha value is -2.10. The van der Waals surface area contributed by atoms with Crippen LogP contribution >= 0.6 is 11.6 Å². The molecule has 0 atom stereocenters. The van der Waals surface area contributed by atoms with Crippen LogP contribution in [0.25, 0.3) is 0 Å². The number of aliphatic carboxylic acids is 1. The maximum absolute atomic E-state index is 13.7. The van der Waals surface area contributed by atoms with E-state index < -0.39 is 52.9 Å². The number of anilines is 1. The van der Waals surface area contributed by atoms with Gasteiger partial charge in [-0.25, -0.2) is 8.78 Å². The number of carboxylic acids is 1. The third kappa shape index (κ3) is 4.96. The van der Waals surface area contributed by atoms with E-state index in [1.807, 2.05) is 0 Å². The molecule has 0 unspecified atom stereocenters. The van der Waals surface area contributed by atoms with Crippen LogP contribution in [0.3, 0.4) is 0 Å². The molecule has 2 aliphatic rings. The molecule has 5 nitrogen and oxygen atoms in total. The van der Waals surface area contributed by atoms with Gasteiger partial charge in [0.05, 0.1) is 27.8 Å². The van der Waals surface area contributed by atoms with E-state index in [0.717, 1.165) is 12.1 Å². The van der Waals surface area contributed by atoms with Crippen molar-refractivity contribution < 1.29 is 36.6 Å². The maximum Gasteiger partial charge on any atom is 0.417 e. The van der Waals surface area contributed by atoms with E-state index >= 15 is 0 Å². The van der Waals surface area contributed by atoms with Crippen LogP contribution in [-0.4, -0.2) is 42.0 Å². The summed E-state index contributed by atoms with van der Waals surface area (Å²) in [5.74, 6) is -5.21. The second-order valence-electron chi connectivity index (χ2n) is 7.72. The van der Waals surface area contributed by atoms with Crippen molar-refractivity contribution in [2.24, 2.45) is 5.92 Å². The highest BCUT2D eigenvalue weighted by Crippen LogP contribution is 2.40. The molecule has 1 amide bonds. The predicted octanol–water partition coefficient (Wildman–Crippen LogP) is 4.58. The molecule has 1 heterocycles. The fourth-order valence-corrected chi connectivity index (χ4v) is 4.00. The lowest BCUT2D eigenvalue weighted by Gasteiger charge is -2.33. The standard InChI is InChI=1S/C19H20ClF5N2O3/c20-14-8-12(16(28)26-11-6-10(7-11)17(29)30)15(9-13(14)19(23,24)25)27-4-1-2-18(21,22)3-5-27/h8-11H,1-7H2,(H,26,28)(H,29,30). The van der Waals surface area contributed by atoms with E-state index in [1.54, 1.807) is 0 Å². The van der Waals surface area contributed by atoms with Crippen molar-refractivity contribution in [2.45, 2.75) is 50.2 Å². The summed E-state index contributed by atoms with van der Waals surface area (Å²) < 4.78 is 67.5. The molecule has 2 fully saturated rings. The monoisotopic (exact) mass is 454 g/mol. The number of carbonyl (C=O) groups excluding carboxylic acids is 1. The van der Waals surface area contributed by atoms with Crippen LogP contribution in [-0.2, 0) is 11.0 Å². The Morgan fingerprint density at radius 1 is 1.17 bits per heavy atom. The highest BCUT2D eigenvalue weighted by Gasteiger charge is 2.39. The van der Waals surface area contributed by atoms with Crippen LogP contribution < -0.4 is 10.2 Å². The highest BCUT2D eigenvalue weighted by molar-refractivity contribution is 6.32. The number of rotatable bonds is 4. The van der Waals surface area contributed by atoms with E-state index in [0.29, 0.717) is 0 Å². The van der Waals surface area contributed by atoms with Gasteiger partial charge in [-0.2, -0.15) is 13.2 Å². The van der Waals surface area contributed by atoms with Crippen molar-refractivity contribution in [1.29, 1.82) is 0 Å². The summed E-state index contributed by atoms with van der Waals surface area (Å²) in [6, 6.07) is 1.19. The third-order valence-corrected chi connectivity index (χ3v) is 5.83. The minimum atomic E-state index is -4.78. The molecule has 0 radical (unpaired) electrons. The van der Waals surface area contributed by atoms with Crippen molar-refractivity contribution in [3.05, 3.63) is 28.3 Å². The molecule has 1 saturated heterocycles. The molecule has 11 heteroatoms. The Bertz CT molecular complexity index is 840. The van der Waals surface area contributed by atoms with E-state index in [1.165, 1.54) is 4.90 Å². The van der Waals surface area contributed by atoms with Crippen molar-refractivity contribution in [1.82, 2.24) is 5.32 Å². The van der Waals surface area contributed by atoms with E-state index in [-0.39, 0.29) is 50.0 Å². The number of carboxylic acid groups (broad SMARTS) is 1. The Morgan fingerprint density at radius 2 is 1.83 bits per heavy atom. The molecule has 1 aromatic carbocycles. The summed E-state index contributed by atoms with van der Waals surface area (Å²) in [5, 5.41) is 10.8. The summed E-state index contributed by atoms with van der Waals surface area (Å²) in [7, 11) is 0. The van der Waals surface area contributed by atoms with Crippen LogP contribution in [0.1, 0.15) is 48.0 Å². The third-order valence-electron chi connectivity index (χ3n) is 5.52. The first-order chi connectivity index (χ1) is 13.9. The van der Waals surface area contributed by atoms with Gasteiger partial charge in [0.1, 0.15) is 0 Å². The van der Waals surface area contributed by atoms with Gasteiger partial charge in [0.25, 0.3) is 5.91 Å². The molecule has 30 heavy (non-hydrogen) atoms. The molecule has 1 aliphatic heterocycles. The number of halogens is 6. The zero-order valence-electron chi connectivity index (χ0n) is 15.7. The molecular formula is C19H20ClF5N2O3. The van der Waals surface area contributed by atoms with Gasteiger partial charge in [0.15, 0.2) is 0 Å². The molecule has 1 aliphatic carbocycles. The Kier molecular flexibility index (Phi) is 6.18. The SMILES string of the molecule is O=C(NC1CC(C(=O)O)C1)c1cc(Cl)c(C(F)(F)F)cc1N1CCCC(F)(F)CC1. The van der Waals surface area contributed by atoms with Gasteiger partial charge in [-0.05, 0) is 31.4 Å². The fourth-order valence-electron chi connectivity index (χ4n) is 3.73. The van der Waals surface area contributed by atoms with Crippen LogP contribution in [0.2, 0.25) is 5.02 Å². The van der Waals surface area contributed by atoms with Crippen LogP contribution in [0.4, 0.5) is 27.6 Å². The minimum Gasteiger partial charge on any atom is -0.481 e. The van der Waals surface area contributed by atoms with Crippen molar-refractivity contribution in [3.63, 3.8) is 0 Å². The average molecular weight is 455 g/mol. The zero-order chi connectivity index (χ0) is 22.3. The highest BCUT2D eigenvalue weighted by atomic mass is 35.5. The first-order valence-electron chi connectivity index (χ1n) is 9.44. The number of nitrogens with one attached hydrogen (secondary N) is 1. The van der Waals surface area contributed by atoms with Crippen LogP contribution in [0, 0.1) is 5.92 Å². The first-order valence-corrected chi connectivity index (χ1v) is 9.82. The number of benzene rings is 1. The van der Waals surface area contributed by atoms with Crippen LogP contribution in [0.5, 0.6) is 0 Å². The number of nitrogens with zero attached hydrogens (tertiary/aromatic N) is 1. The molecule has 1 aromatic rings. The Balaban J connectivity index is 1.90. The van der Waals surface area contributed by atoms with Crippen molar-refractivity contribution in [3.8, 4) is 0 Å². The Labute approximate surface area is 174 Å². The molecule has 1 saturated carbocycles. The van der Waals surface area contributed by atoms with Gasteiger partial charge >= 0.3 is 12.1 Å². The molecule has 3 rings (SSSR count). The quantitative estimate of drug-likeness (QED) is 0.653. The fraction of sp³-hybridized carbons (Fsp3) is 0.579. The second kappa shape index (κ2) is 8.20. The number of alkyl halides is 5. The smallest absolute Gasteiger partial charge is 0.417 e. The molecular weight excluding hydrogens is 435 g/mol. The van der Waals surface area contributed by atoms with Gasteiger partial charge < -0.3 is 15.3 Å². The minimum absolute atomic E-state index is 0.0565. The lowest BCUT2D eigenvalue weighted by Crippen LogP contribution is -2.47. The van der Waals surface area contributed by atoms with Gasteiger partial charge in [0.2, 0.25) is 5.92 Å². The Morgan fingerprint density at radius 3 is 2.43 bits per heavy atom. The topological polar surface area (TPSA) is 69.6 Å². The molecule has 166 valence electrons. The molecule has 0 spiro atoms. The lowest BCUT2D eigenvalue weighted by atomic mass is 9.80. The number of hydrogen-bond donors (Lipinski definition) is 2. The lowest BCUT2D eigenvalue weighted by molar-refractivity contribution is -0.145. The predicted molar refractivity (Wildman–Crippen MR) is 99.1 cm³/mol. The summed E-state index contributed by atoms with van der Waals surface area (Å²) in [5.41, 5.74) is -1.42. The summed E-state index contributed by atoms with van der Waals surface area (Å²) >= 11 is 5.78. The van der Waals surface area contributed by atoms with Crippen molar-refractivity contribution >= 4 is 29.2 Å². The van der Waals surface area contributed by atoms with Gasteiger partial charge in [-0.3, -0.25) is 9.59 Å². The van der Waals surface area contributed by atoms with Crippen LogP contribution in [0.15, 0.2) is 12.1 Å². The number of hydrogen-bond acceptors (Lipinski definition) is 3. The maximum atomic E-state index is 13.7. The zero-order valence-corrected chi connectivity index (χ0v) is 16.5.